The van der Waals surface area contributed by atoms with Crippen molar-refractivity contribution in [2.24, 2.45) is 4.99 Å². The highest BCUT2D eigenvalue weighted by Gasteiger charge is 2.50. The highest BCUT2D eigenvalue weighted by atomic mass is 19.4. The third-order valence-electron chi connectivity index (χ3n) is 4.54. The molecular weight excluding hydrogens is 351 g/mol. The lowest BCUT2D eigenvalue weighted by molar-refractivity contribution is -0.167. The van der Waals surface area contributed by atoms with Crippen molar-refractivity contribution in [2.75, 3.05) is 0 Å². The van der Waals surface area contributed by atoms with E-state index in [-0.39, 0.29) is 5.90 Å². The van der Waals surface area contributed by atoms with Crippen LogP contribution in [0.15, 0.2) is 89.9 Å². The molecule has 1 heterocycles. The summed E-state index contributed by atoms with van der Waals surface area (Å²) in [5.74, 6) is 0.183. The number of alkyl halides is 3. The Morgan fingerprint density at radius 1 is 0.778 bits per heavy atom. The van der Waals surface area contributed by atoms with E-state index in [0.29, 0.717) is 22.4 Å². The van der Waals surface area contributed by atoms with Gasteiger partial charge in [0.1, 0.15) is 0 Å². The van der Waals surface area contributed by atoms with Crippen molar-refractivity contribution < 1.29 is 17.9 Å². The first-order valence-electron chi connectivity index (χ1n) is 8.53. The van der Waals surface area contributed by atoms with Gasteiger partial charge < -0.3 is 4.74 Å². The fourth-order valence-corrected chi connectivity index (χ4v) is 3.41. The molecule has 3 aromatic rings. The van der Waals surface area contributed by atoms with Crippen LogP contribution < -0.4 is 0 Å². The fourth-order valence-electron chi connectivity index (χ4n) is 3.41. The molecular formula is C22H16F3NO. The molecule has 0 N–H and O–H groups in total. The first kappa shape index (κ1) is 17.3. The van der Waals surface area contributed by atoms with Gasteiger partial charge >= 0.3 is 6.18 Å². The van der Waals surface area contributed by atoms with E-state index < -0.39 is 18.2 Å². The molecule has 0 saturated heterocycles. The first-order valence-corrected chi connectivity index (χ1v) is 8.53. The summed E-state index contributed by atoms with van der Waals surface area (Å²) in [7, 11) is 0. The van der Waals surface area contributed by atoms with Crippen LogP contribution in [0, 0.1) is 0 Å². The Morgan fingerprint density at radius 3 is 2.04 bits per heavy atom. The van der Waals surface area contributed by atoms with Gasteiger partial charge in [-0.15, -0.1) is 0 Å². The molecule has 3 aromatic carbocycles. The zero-order valence-corrected chi connectivity index (χ0v) is 14.3. The topological polar surface area (TPSA) is 21.6 Å². The van der Waals surface area contributed by atoms with Gasteiger partial charge in [0.2, 0.25) is 5.90 Å². The highest BCUT2D eigenvalue weighted by molar-refractivity contribution is 5.97. The van der Waals surface area contributed by atoms with Crippen LogP contribution in [-0.2, 0) is 10.3 Å². The van der Waals surface area contributed by atoms with Crippen LogP contribution >= 0.6 is 0 Å². The SMILES string of the molecule is FC(F)(F)C[C@]1(c2ccccc2)OC(c2ccccc2)=Nc2ccccc21. The van der Waals surface area contributed by atoms with Crippen molar-refractivity contribution in [3.63, 3.8) is 0 Å². The second-order valence-corrected chi connectivity index (χ2v) is 6.39. The fraction of sp³-hybridized carbons (Fsp3) is 0.136. The molecule has 2 nitrogen and oxygen atoms in total. The minimum absolute atomic E-state index is 0.183. The number of ether oxygens (including phenoxy) is 1. The quantitative estimate of drug-likeness (QED) is 0.557. The monoisotopic (exact) mass is 367 g/mol. The maximum Gasteiger partial charge on any atom is 0.393 e. The van der Waals surface area contributed by atoms with Crippen LogP contribution in [0.3, 0.4) is 0 Å². The van der Waals surface area contributed by atoms with Crippen molar-refractivity contribution in [3.05, 3.63) is 102 Å². The van der Waals surface area contributed by atoms with E-state index >= 15 is 0 Å². The van der Waals surface area contributed by atoms with E-state index in [4.69, 9.17) is 4.74 Å². The second-order valence-electron chi connectivity index (χ2n) is 6.39. The molecule has 0 unspecified atom stereocenters. The van der Waals surface area contributed by atoms with E-state index in [9.17, 15) is 13.2 Å². The summed E-state index contributed by atoms with van der Waals surface area (Å²) >= 11 is 0. The molecule has 0 bridgehead atoms. The van der Waals surface area contributed by atoms with Crippen molar-refractivity contribution in [3.8, 4) is 0 Å². The molecule has 0 fully saturated rings. The number of para-hydroxylation sites is 1. The molecule has 0 amide bonds. The number of hydrogen-bond donors (Lipinski definition) is 0. The summed E-state index contributed by atoms with van der Waals surface area (Å²) in [4.78, 5) is 4.49. The standard InChI is InChI=1S/C22H16F3NO/c23-22(24,25)15-21(17-11-5-2-6-12-17)18-13-7-8-14-19(18)26-20(27-21)16-9-3-1-4-10-16/h1-14H,15H2/t21-/m1/s1. The van der Waals surface area contributed by atoms with Crippen LogP contribution in [0.2, 0.25) is 0 Å². The third kappa shape index (κ3) is 3.33. The maximum absolute atomic E-state index is 13.7. The van der Waals surface area contributed by atoms with E-state index in [0.717, 1.165) is 0 Å². The van der Waals surface area contributed by atoms with Crippen molar-refractivity contribution in [1.29, 1.82) is 0 Å². The lowest BCUT2D eigenvalue weighted by Crippen LogP contribution is -2.40. The minimum atomic E-state index is -4.43. The Morgan fingerprint density at radius 2 is 1.37 bits per heavy atom. The molecule has 1 atom stereocenters. The number of benzene rings is 3. The molecule has 1 aliphatic heterocycles. The lowest BCUT2D eigenvalue weighted by atomic mass is 9.81. The molecule has 0 spiro atoms. The molecule has 0 aromatic heterocycles. The molecule has 5 heteroatoms. The van der Waals surface area contributed by atoms with E-state index in [2.05, 4.69) is 4.99 Å². The Labute approximate surface area is 155 Å². The summed E-state index contributed by atoms with van der Waals surface area (Å²) in [6, 6.07) is 24.4. The van der Waals surface area contributed by atoms with Gasteiger partial charge in [0.05, 0.1) is 12.1 Å². The average Bonchev–Trinajstić information content (AvgIpc) is 2.68. The number of halogens is 3. The first-order chi connectivity index (χ1) is 13.0. The van der Waals surface area contributed by atoms with Gasteiger partial charge in [-0.25, -0.2) is 4.99 Å². The van der Waals surface area contributed by atoms with Crippen LogP contribution in [0.25, 0.3) is 0 Å². The number of rotatable bonds is 3. The van der Waals surface area contributed by atoms with Crippen molar-refractivity contribution in [2.45, 2.75) is 18.2 Å². The van der Waals surface area contributed by atoms with Gasteiger partial charge in [-0.2, -0.15) is 13.2 Å². The molecule has 27 heavy (non-hydrogen) atoms. The number of nitrogens with zero attached hydrogens (tertiary/aromatic N) is 1. The van der Waals surface area contributed by atoms with Gasteiger partial charge in [0.15, 0.2) is 5.60 Å². The van der Waals surface area contributed by atoms with E-state index in [1.807, 2.05) is 6.07 Å². The second kappa shape index (κ2) is 6.58. The van der Waals surface area contributed by atoms with Crippen LogP contribution in [0.1, 0.15) is 23.1 Å². The summed E-state index contributed by atoms with van der Waals surface area (Å²) in [6.45, 7) is 0. The molecule has 0 radical (unpaired) electrons. The molecule has 0 saturated carbocycles. The predicted molar refractivity (Wildman–Crippen MR) is 98.1 cm³/mol. The van der Waals surface area contributed by atoms with E-state index in [1.165, 1.54) is 0 Å². The van der Waals surface area contributed by atoms with Gasteiger partial charge in [0, 0.05) is 16.7 Å². The number of fused-ring (bicyclic) bond motifs is 1. The summed E-state index contributed by atoms with van der Waals surface area (Å²) in [5, 5.41) is 0. The smallest absolute Gasteiger partial charge is 0.393 e. The van der Waals surface area contributed by atoms with Crippen LogP contribution in [0.5, 0.6) is 0 Å². The molecule has 4 rings (SSSR count). The zero-order valence-electron chi connectivity index (χ0n) is 14.3. The van der Waals surface area contributed by atoms with Crippen molar-refractivity contribution in [1.82, 2.24) is 0 Å². The Bertz CT molecular complexity index is 968. The molecule has 1 aliphatic rings. The average molecular weight is 367 g/mol. The molecule has 136 valence electrons. The normalized spacial score (nSPS) is 19.0. The number of hydrogen-bond acceptors (Lipinski definition) is 2. The minimum Gasteiger partial charge on any atom is -0.460 e. The van der Waals surface area contributed by atoms with Gasteiger partial charge in [-0.05, 0) is 18.2 Å². The molecule has 0 aliphatic carbocycles. The van der Waals surface area contributed by atoms with Gasteiger partial charge in [0.25, 0.3) is 0 Å². The Balaban J connectivity index is 1.96. The Hall–Kier alpha value is -3.08. The Kier molecular flexibility index (Phi) is 4.22. The highest BCUT2D eigenvalue weighted by Crippen LogP contribution is 2.49. The summed E-state index contributed by atoms with van der Waals surface area (Å²) in [5.41, 5.74) is 0.278. The van der Waals surface area contributed by atoms with E-state index in [1.54, 1.807) is 78.9 Å². The van der Waals surface area contributed by atoms with Gasteiger partial charge in [-0.3, -0.25) is 0 Å². The zero-order chi connectivity index (χ0) is 18.9. The predicted octanol–water partition coefficient (Wildman–Crippen LogP) is 5.99. The third-order valence-corrected chi connectivity index (χ3v) is 4.54. The number of aliphatic imine (C=N–C) groups is 1. The van der Waals surface area contributed by atoms with Crippen LogP contribution in [0.4, 0.5) is 18.9 Å². The van der Waals surface area contributed by atoms with Crippen molar-refractivity contribution >= 4 is 11.6 Å². The maximum atomic E-state index is 13.7. The largest absolute Gasteiger partial charge is 0.460 e. The van der Waals surface area contributed by atoms with Gasteiger partial charge in [-0.1, -0.05) is 66.7 Å². The summed E-state index contributed by atoms with van der Waals surface area (Å²) < 4.78 is 47.1. The van der Waals surface area contributed by atoms with Crippen LogP contribution in [-0.4, -0.2) is 12.1 Å². The lowest BCUT2D eigenvalue weighted by Gasteiger charge is -2.39. The summed E-state index contributed by atoms with van der Waals surface area (Å²) in [6.07, 6.45) is -5.57.